The van der Waals surface area contributed by atoms with Crippen molar-refractivity contribution in [3.8, 4) is 0 Å². The minimum absolute atomic E-state index is 0.0234. The summed E-state index contributed by atoms with van der Waals surface area (Å²) < 4.78 is 5.02. The Hall–Kier alpha value is -0.610. The first-order valence-electron chi connectivity index (χ1n) is 4.47. The molecule has 0 aromatic rings. The van der Waals surface area contributed by atoms with Gasteiger partial charge in [0.25, 0.3) is 0 Å². The van der Waals surface area contributed by atoms with E-state index in [9.17, 15) is 4.79 Å². The van der Waals surface area contributed by atoms with Crippen LogP contribution in [0.4, 0.5) is 0 Å². The second-order valence-electron chi connectivity index (χ2n) is 3.67. The van der Waals surface area contributed by atoms with Crippen molar-refractivity contribution in [3.63, 3.8) is 0 Å². The first kappa shape index (κ1) is 12.4. The van der Waals surface area contributed by atoms with Crippen LogP contribution in [0.3, 0.4) is 0 Å². The molecule has 4 heteroatoms. The number of carboxylic acids is 1. The van der Waals surface area contributed by atoms with Gasteiger partial charge in [-0.3, -0.25) is 4.79 Å². The van der Waals surface area contributed by atoms with Crippen molar-refractivity contribution in [3.05, 3.63) is 0 Å². The lowest BCUT2D eigenvalue weighted by Gasteiger charge is -2.22. The predicted molar refractivity (Wildman–Crippen MR) is 50.5 cm³/mol. The van der Waals surface area contributed by atoms with Gasteiger partial charge in [0.05, 0.1) is 12.5 Å². The zero-order valence-corrected chi connectivity index (χ0v) is 8.49. The van der Waals surface area contributed by atoms with E-state index in [1.165, 1.54) is 7.11 Å². The lowest BCUT2D eigenvalue weighted by Crippen LogP contribution is -2.38. The molecule has 13 heavy (non-hydrogen) atoms. The third-order valence-corrected chi connectivity index (χ3v) is 1.90. The van der Waals surface area contributed by atoms with E-state index < -0.39 is 5.97 Å². The van der Waals surface area contributed by atoms with Gasteiger partial charge in [0, 0.05) is 13.2 Å². The average molecular weight is 189 g/mol. The molecule has 0 aromatic carbocycles. The molecule has 0 radical (unpaired) electrons. The summed E-state index contributed by atoms with van der Waals surface area (Å²) in [6, 6.07) is -0.193. The van der Waals surface area contributed by atoms with Gasteiger partial charge in [0.1, 0.15) is 0 Å². The number of ether oxygens (including phenoxy) is 1. The number of hydrogen-bond donors (Lipinski definition) is 2. The second kappa shape index (κ2) is 5.94. The highest BCUT2D eigenvalue weighted by Crippen LogP contribution is 2.10. The molecular formula is C9H19NO3. The van der Waals surface area contributed by atoms with Gasteiger partial charge in [-0.15, -0.1) is 0 Å². The zero-order valence-electron chi connectivity index (χ0n) is 8.49. The zero-order chi connectivity index (χ0) is 10.4. The number of nitrogens with two attached hydrogens (primary N) is 1. The van der Waals surface area contributed by atoms with Gasteiger partial charge < -0.3 is 15.6 Å². The van der Waals surface area contributed by atoms with Gasteiger partial charge in [0.15, 0.2) is 0 Å². The van der Waals surface area contributed by atoms with E-state index in [-0.39, 0.29) is 18.6 Å². The molecule has 3 N–H and O–H groups in total. The molecule has 0 saturated heterocycles. The van der Waals surface area contributed by atoms with Crippen LogP contribution in [0.15, 0.2) is 0 Å². The second-order valence-corrected chi connectivity index (χ2v) is 3.67. The molecule has 0 heterocycles. The van der Waals surface area contributed by atoms with Gasteiger partial charge in [0.2, 0.25) is 0 Å². The van der Waals surface area contributed by atoms with Crippen LogP contribution in [0.2, 0.25) is 0 Å². The first-order chi connectivity index (χ1) is 5.97. The number of rotatable bonds is 6. The van der Waals surface area contributed by atoms with Crippen LogP contribution >= 0.6 is 0 Å². The average Bonchev–Trinajstić information content (AvgIpc) is 1.98. The summed E-state index contributed by atoms with van der Waals surface area (Å²) in [5, 5.41) is 8.56. The minimum Gasteiger partial charge on any atom is -0.481 e. The van der Waals surface area contributed by atoms with Gasteiger partial charge in [-0.25, -0.2) is 0 Å². The summed E-state index contributed by atoms with van der Waals surface area (Å²) in [6.45, 7) is 4.10. The molecule has 0 unspecified atom stereocenters. The smallest absolute Gasteiger partial charge is 0.306 e. The summed E-state index contributed by atoms with van der Waals surface area (Å²) >= 11 is 0. The van der Waals surface area contributed by atoms with Gasteiger partial charge in [-0.1, -0.05) is 13.8 Å². The fraction of sp³-hybridized carbons (Fsp3) is 0.889. The highest BCUT2D eigenvalue weighted by atomic mass is 16.5. The number of carboxylic acid groups (broad SMARTS) is 1. The Morgan fingerprint density at radius 1 is 1.54 bits per heavy atom. The minimum atomic E-state index is -0.869. The Kier molecular flexibility index (Phi) is 5.66. The van der Waals surface area contributed by atoms with Crippen molar-refractivity contribution in [2.24, 2.45) is 11.7 Å². The van der Waals surface area contributed by atoms with Crippen LogP contribution in [0.5, 0.6) is 0 Å². The van der Waals surface area contributed by atoms with Crippen LogP contribution in [-0.2, 0) is 9.53 Å². The third kappa shape index (κ3) is 5.60. The summed E-state index contributed by atoms with van der Waals surface area (Å²) in [7, 11) is 1.49. The molecule has 0 saturated carbocycles. The van der Waals surface area contributed by atoms with Crippen molar-refractivity contribution in [2.45, 2.75) is 38.8 Å². The summed E-state index contributed by atoms with van der Waals surface area (Å²) in [4.78, 5) is 10.4. The molecule has 0 aromatic heterocycles. The van der Waals surface area contributed by atoms with Crippen LogP contribution in [0.1, 0.15) is 26.7 Å². The molecule has 0 aliphatic heterocycles. The van der Waals surface area contributed by atoms with Crippen molar-refractivity contribution in [2.75, 3.05) is 7.11 Å². The highest BCUT2D eigenvalue weighted by molar-refractivity contribution is 5.67. The molecule has 0 bridgehead atoms. The van der Waals surface area contributed by atoms with Gasteiger partial charge in [-0.05, 0) is 12.3 Å². The predicted octanol–water partition coefficient (Wildman–Crippen LogP) is 0.849. The van der Waals surface area contributed by atoms with Crippen LogP contribution in [0.25, 0.3) is 0 Å². The molecule has 0 spiro atoms. The molecule has 78 valence electrons. The standard InChI is InChI=1S/C9H19NO3/c1-6(2)4-7(10)8(13-3)5-9(11)12/h6-8H,4-5,10H2,1-3H3,(H,11,12)/t7-,8-/m0/s1. The van der Waals surface area contributed by atoms with E-state index >= 15 is 0 Å². The molecule has 0 fully saturated rings. The highest BCUT2D eigenvalue weighted by Gasteiger charge is 2.20. The van der Waals surface area contributed by atoms with Crippen molar-refractivity contribution in [1.82, 2.24) is 0 Å². The topological polar surface area (TPSA) is 72.5 Å². The SMILES string of the molecule is CO[C@@H](CC(=O)O)[C@@H](N)CC(C)C. The lowest BCUT2D eigenvalue weighted by molar-refractivity contribution is -0.140. The van der Waals surface area contributed by atoms with E-state index in [0.717, 1.165) is 6.42 Å². The van der Waals surface area contributed by atoms with Gasteiger partial charge >= 0.3 is 5.97 Å². The van der Waals surface area contributed by atoms with Crippen LogP contribution < -0.4 is 5.73 Å². The lowest BCUT2D eigenvalue weighted by atomic mass is 9.98. The van der Waals surface area contributed by atoms with Crippen molar-refractivity contribution in [1.29, 1.82) is 0 Å². The monoisotopic (exact) mass is 189 g/mol. The largest absolute Gasteiger partial charge is 0.481 e. The number of carbonyl (C=O) groups is 1. The molecule has 0 rings (SSSR count). The maximum absolute atomic E-state index is 10.4. The van der Waals surface area contributed by atoms with E-state index in [2.05, 4.69) is 0 Å². The Morgan fingerprint density at radius 3 is 2.38 bits per heavy atom. The molecular weight excluding hydrogens is 170 g/mol. The fourth-order valence-electron chi connectivity index (χ4n) is 1.28. The molecule has 2 atom stereocenters. The van der Waals surface area contributed by atoms with E-state index in [1.54, 1.807) is 0 Å². The van der Waals surface area contributed by atoms with Crippen LogP contribution in [-0.4, -0.2) is 30.3 Å². The normalized spacial score (nSPS) is 15.8. The van der Waals surface area contributed by atoms with Crippen LogP contribution in [0, 0.1) is 5.92 Å². The number of hydrogen-bond acceptors (Lipinski definition) is 3. The molecule has 0 aliphatic rings. The van der Waals surface area contributed by atoms with E-state index in [4.69, 9.17) is 15.6 Å². The summed E-state index contributed by atoms with van der Waals surface area (Å²) in [5.74, 6) is -0.410. The Labute approximate surface area is 79.1 Å². The Morgan fingerprint density at radius 2 is 2.08 bits per heavy atom. The maximum Gasteiger partial charge on any atom is 0.306 e. The molecule has 0 aliphatic carbocycles. The van der Waals surface area contributed by atoms with Crippen molar-refractivity contribution >= 4 is 5.97 Å². The number of methoxy groups -OCH3 is 1. The molecule has 4 nitrogen and oxygen atoms in total. The van der Waals surface area contributed by atoms with Gasteiger partial charge in [-0.2, -0.15) is 0 Å². The number of aliphatic carboxylic acids is 1. The quantitative estimate of drug-likeness (QED) is 0.649. The van der Waals surface area contributed by atoms with Crippen molar-refractivity contribution < 1.29 is 14.6 Å². The Balaban J connectivity index is 3.98. The fourth-order valence-corrected chi connectivity index (χ4v) is 1.28. The maximum atomic E-state index is 10.4. The van der Waals surface area contributed by atoms with E-state index in [0.29, 0.717) is 5.92 Å². The molecule has 0 amide bonds. The van der Waals surface area contributed by atoms with E-state index in [1.807, 2.05) is 13.8 Å². The summed E-state index contributed by atoms with van der Waals surface area (Å²) in [5.41, 5.74) is 5.79. The first-order valence-corrected chi connectivity index (χ1v) is 4.47. The third-order valence-electron chi connectivity index (χ3n) is 1.90. The Bertz CT molecular complexity index is 159. The summed E-state index contributed by atoms with van der Waals surface area (Å²) in [6.07, 6.45) is 0.385.